The van der Waals surface area contributed by atoms with Crippen LogP contribution in [0.3, 0.4) is 0 Å². The van der Waals surface area contributed by atoms with Crippen molar-refractivity contribution >= 4 is 10.0 Å². The molecule has 0 amide bonds. The number of rotatable bonds is 3. The standard InChI is InChI=1S/C9H16N4O2S/c1-8-9(7-10-11-8)16(14,15)12-13-5-3-2-4-6-13/h7,12H,2-6H2,1H3,(H,10,11). The van der Waals surface area contributed by atoms with Gasteiger partial charge in [-0.3, -0.25) is 5.10 Å². The molecule has 0 aliphatic carbocycles. The summed E-state index contributed by atoms with van der Waals surface area (Å²) in [5.74, 6) is 0. The summed E-state index contributed by atoms with van der Waals surface area (Å²) < 4.78 is 23.9. The number of aromatic amines is 1. The fraction of sp³-hybridized carbons (Fsp3) is 0.667. The topological polar surface area (TPSA) is 78.1 Å². The molecule has 90 valence electrons. The smallest absolute Gasteiger partial charge is 0.256 e. The third-order valence-corrected chi connectivity index (χ3v) is 4.17. The van der Waals surface area contributed by atoms with E-state index in [1.165, 1.54) is 12.6 Å². The molecule has 1 fully saturated rings. The molecule has 0 saturated carbocycles. The predicted octanol–water partition coefficient (Wildman–Crippen LogP) is 0.397. The molecular formula is C9H16N4O2S. The zero-order valence-corrected chi connectivity index (χ0v) is 10.0. The first-order valence-electron chi connectivity index (χ1n) is 5.37. The van der Waals surface area contributed by atoms with Gasteiger partial charge in [0.25, 0.3) is 10.0 Å². The fourth-order valence-corrected chi connectivity index (χ4v) is 3.08. The molecule has 0 unspecified atom stereocenters. The summed E-state index contributed by atoms with van der Waals surface area (Å²) in [6.45, 7) is 3.24. The van der Waals surface area contributed by atoms with Crippen molar-refractivity contribution in [3.63, 3.8) is 0 Å². The highest BCUT2D eigenvalue weighted by Gasteiger charge is 2.22. The lowest BCUT2D eigenvalue weighted by molar-refractivity contribution is 0.200. The summed E-state index contributed by atoms with van der Waals surface area (Å²) in [7, 11) is -3.47. The van der Waals surface area contributed by atoms with Crippen LogP contribution in [0.5, 0.6) is 0 Å². The van der Waals surface area contributed by atoms with Crippen LogP contribution in [0.15, 0.2) is 11.1 Å². The van der Waals surface area contributed by atoms with E-state index in [4.69, 9.17) is 0 Å². The lowest BCUT2D eigenvalue weighted by atomic mass is 10.2. The summed E-state index contributed by atoms with van der Waals surface area (Å²) in [5.41, 5.74) is 0.560. The Kier molecular flexibility index (Phi) is 3.27. The second-order valence-corrected chi connectivity index (χ2v) is 5.63. The van der Waals surface area contributed by atoms with Gasteiger partial charge in [-0.15, -0.1) is 4.83 Å². The largest absolute Gasteiger partial charge is 0.281 e. The van der Waals surface area contributed by atoms with Gasteiger partial charge >= 0.3 is 0 Å². The summed E-state index contributed by atoms with van der Waals surface area (Å²) in [5, 5.41) is 8.10. The van der Waals surface area contributed by atoms with Crippen LogP contribution >= 0.6 is 0 Å². The predicted molar refractivity (Wildman–Crippen MR) is 59.1 cm³/mol. The van der Waals surface area contributed by atoms with Crippen molar-refractivity contribution in [2.24, 2.45) is 0 Å². The maximum absolute atomic E-state index is 12.0. The minimum atomic E-state index is -3.47. The molecule has 1 aliphatic rings. The number of nitrogens with zero attached hydrogens (tertiary/aromatic N) is 2. The van der Waals surface area contributed by atoms with Gasteiger partial charge in [-0.2, -0.15) is 5.10 Å². The van der Waals surface area contributed by atoms with E-state index in [0.29, 0.717) is 5.69 Å². The Hall–Kier alpha value is -0.920. The maximum atomic E-state index is 12.0. The molecule has 1 aromatic rings. The quantitative estimate of drug-likeness (QED) is 0.806. The minimum Gasteiger partial charge on any atom is -0.281 e. The molecule has 2 N–H and O–H groups in total. The van der Waals surface area contributed by atoms with Crippen molar-refractivity contribution in [1.29, 1.82) is 0 Å². The first-order valence-corrected chi connectivity index (χ1v) is 6.85. The van der Waals surface area contributed by atoms with Gasteiger partial charge in [-0.1, -0.05) is 6.42 Å². The molecule has 0 bridgehead atoms. The van der Waals surface area contributed by atoms with Crippen LogP contribution in [0.2, 0.25) is 0 Å². The molecule has 6 nitrogen and oxygen atoms in total. The molecule has 16 heavy (non-hydrogen) atoms. The SMILES string of the molecule is Cc1[nH]ncc1S(=O)(=O)NN1CCCCC1. The van der Waals surface area contributed by atoms with Crippen molar-refractivity contribution in [3.05, 3.63) is 11.9 Å². The summed E-state index contributed by atoms with van der Waals surface area (Å²) in [6, 6.07) is 0. The Bertz CT molecular complexity index is 448. The van der Waals surface area contributed by atoms with Gasteiger partial charge in [0.2, 0.25) is 0 Å². The Morgan fingerprint density at radius 3 is 2.62 bits per heavy atom. The Labute approximate surface area is 95.1 Å². The lowest BCUT2D eigenvalue weighted by Gasteiger charge is -2.26. The molecule has 2 heterocycles. The highest BCUT2D eigenvalue weighted by atomic mass is 32.2. The average molecular weight is 244 g/mol. The monoisotopic (exact) mass is 244 g/mol. The maximum Gasteiger partial charge on any atom is 0.256 e. The summed E-state index contributed by atoms with van der Waals surface area (Å²) >= 11 is 0. The van der Waals surface area contributed by atoms with E-state index < -0.39 is 10.0 Å². The first-order chi connectivity index (χ1) is 7.59. The number of hydrazine groups is 1. The molecule has 0 radical (unpaired) electrons. The van der Waals surface area contributed by atoms with Crippen molar-refractivity contribution < 1.29 is 8.42 Å². The Balaban J connectivity index is 2.11. The molecule has 0 atom stereocenters. The van der Waals surface area contributed by atoms with Crippen molar-refractivity contribution in [3.8, 4) is 0 Å². The molecule has 0 aromatic carbocycles. The van der Waals surface area contributed by atoms with Crippen LogP contribution in [-0.2, 0) is 10.0 Å². The zero-order chi connectivity index (χ0) is 11.6. The second kappa shape index (κ2) is 4.52. The highest BCUT2D eigenvalue weighted by Crippen LogP contribution is 2.13. The molecule has 1 saturated heterocycles. The molecular weight excluding hydrogens is 228 g/mol. The van der Waals surface area contributed by atoms with E-state index in [2.05, 4.69) is 15.0 Å². The number of hydrogen-bond acceptors (Lipinski definition) is 4. The van der Waals surface area contributed by atoms with Crippen molar-refractivity contribution in [2.75, 3.05) is 13.1 Å². The number of H-pyrrole nitrogens is 1. The van der Waals surface area contributed by atoms with Gasteiger partial charge in [0, 0.05) is 13.1 Å². The van der Waals surface area contributed by atoms with E-state index in [0.717, 1.165) is 25.9 Å². The van der Waals surface area contributed by atoms with Crippen molar-refractivity contribution in [1.82, 2.24) is 20.0 Å². The van der Waals surface area contributed by atoms with E-state index >= 15 is 0 Å². The van der Waals surface area contributed by atoms with Gasteiger partial charge < -0.3 is 0 Å². The molecule has 7 heteroatoms. The average Bonchev–Trinajstić information content (AvgIpc) is 2.66. The van der Waals surface area contributed by atoms with Gasteiger partial charge in [-0.25, -0.2) is 13.4 Å². The summed E-state index contributed by atoms with van der Waals surface area (Å²) in [4.78, 5) is 2.80. The Morgan fingerprint density at radius 2 is 2.06 bits per heavy atom. The molecule has 1 aromatic heterocycles. The van der Waals surface area contributed by atoms with Crippen LogP contribution < -0.4 is 4.83 Å². The van der Waals surface area contributed by atoms with E-state index in [-0.39, 0.29) is 4.90 Å². The normalized spacial score (nSPS) is 18.8. The van der Waals surface area contributed by atoms with E-state index in [1.54, 1.807) is 11.9 Å². The number of nitrogens with one attached hydrogen (secondary N) is 2. The number of sulfonamides is 1. The van der Waals surface area contributed by atoms with Gasteiger partial charge in [0.1, 0.15) is 4.90 Å². The fourth-order valence-electron chi connectivity index (χ4n) is 1.81. The number of piperidine rings is 1. The van der Waals surface area contributed by atoms with Crippen LogP contribution in [0.1, 0.15) is 25.0 Å². The first kappa shape index (κ1) is 11.6. The number of hydrogen-bond donors (Lipinski definition) is 2. The zero-order valence-electron chi connectivity index (χ0n) is 9.23. The van der Waals surface area contributed by atoms with Crippen molar-refractivity contribution in [2.45, 2.75) is 31.1 Å². The van der Waals surface area contributed by atoms with Crippen LogP contribution in [-0.4, -0.2) is 36.7 Å². The molecule has 2 rings (SSSR count). The second-order valence-electron chi connectivity index (χ2n) is 4.00. The minimum absolute atomic E-state index is 0.220. The highest BCUT2D eigenvalue weighted by molar-refractivity contribution is 7.89. The van der Waals surface area contributed by atoms with Gasteiger partial charge in [-0.05, 0) is 19.8 Å². The third kappa shape index (κ3) is 2.42. The van der Waals surface area contributed by atoms with Gasteiger partial charge in [0.05, 0.1) is 11.9 Å². The van der Waals surface area contributed by atoms with Gasteiger partial charge in [0.15, 0.2) is 0 Å². The number of aromatic nitrogens is 2. The van der Waals surface area contributed by atoms with Crippen LogP contribution in [0, 0.1) is 6.92 Å². The van der Waals surface area contributed by atoms with E-state index in [9.17, 15) is 8.42 Å². The molecule has 1 aliphatic heterocycles. The van der Waals surface area contributed by atoms with Crippen LogP contribution in [0.4, 0.5) is 0 Å². The number of aryl methyl sites for hydroxylation is 1. The van der Waals surface area contributed by atoms with E-state index in [1.807, 2.05) is 0 Å². The van der Waals surface area contributed by atoms with Crippen LogP contribution in [0.25, 0.3) is 0 Å². The molecule has 0 spiro atoms. The summed E-state index contributed by atoms with van der Waals surface area (Å²) in [6.07, 6.45) is 4.57. The third-order valence-electron chi connectivity index (χ3n) is 2.68. The Morgan fingerprint density at radius 1 is 1.38 bits per heavy atom. The lowest BCUT2D eigenvalue weighted by Crippen LogP contribution is -2.44.